The first-order valence-corrected chi connectivity index (χ1v) is 7.36. The Morgan fingerprint density at radius 3 is 2.55 bits per heavy atom. The molecular formula is C15H11N3O3S. The number of rotatable bonds is 4. The zero-order chi connectivity index (χ0) is 15.5. The van der Waals surface area contributed by atoms with Crippen LogP contribution in [0.3, 0.4) is 0 Å². The topological polar surface area (TPSA) is 78.2 Å². The summed E-state index contributed by atoms with van der Waals surface area (Å²) in [7, 11) is 0. The second-order valence-corrected chi connectivity index (χ2v) is 5.23. The first-order chi connectivity index (χ1) is 10.6. The van der Waals surface area contributed by atoms with E-state index < -0.39 is 4.92 Å². The molecule has 0 amide bonds. The number of aryl methyl sites for hydroxylation is 1. The van der Waals surface area contributed by atoms with E-state index >= 15 is 0 Å². The van der Waals surface area contributed by atoms with Gasteiger partial charge < -0.3 is 4.74 Å². The molecule has 2 aromatic heterocycles. The number of hydrogen-bond donors (Lipinski definition) is 0. The lowest BCUT2D eigenvalue weighted by Crippen LogP contribution is -1.96. The maximum Gasteiger partial charge on any atom is 0.290 e. The van der Waals surface area contributed by atoms with E-state index in [1.807, 2.05) is 29.6 Å². The molecule has 2 heterocycles. The molecule has 0 spiro atoms. The van der Waals surface area contributed by atoms with E-state index in [9.17, 15) is 10.1 Å². The molecule has 0 bridgehead atoms. The lowest BCUT2D eigenvalue weighted by Gasteiger charge is -2.06. The minimum atomic E-state index is -0.464. The van der Waals surface area contributed by atoms with Crippen molar-refractivity contribution in [2.45, 2.75) is 6.92 Å². The highest BCUT2D eigenvalue weighted by atomic mass is 32.1. The van der Waals surface area contributed by atoms with Gasteiger partial charge in [-0.1, -0.05) is 0 Å². The zero-order valence-electron chi connectivity index (χ0n) is 11.6. The van der Waals surface area contributed by atoms with E-state index in [0.29, 0.717) is 17.3 Å². The summed E-state index contributed by atoms with van der Waals surface area (Å²) in [5.74, 6) is 0.934. The third kappa shape index (κ3) is 2.94. The van der Waals surface area contributed by atoms with Crippen LogP contribution in [0.15, 0.2) is 47.3 Å². The van der Waals surface area contributed by atoms with Crippen molar-refractivity contribution in [3.8, 4) is 22.9 Å². The van der Waals surface area contributed by atoms with Gasteiger partial charge in [-0.3, -0.25) is 10.1 Å². The molecule has 0 aliphatic heterocycles. The van der Waals surface area contributed by atoms with Crippen LogP contribution in [0, 0.1) is 17.0 Å². The lowest BCUT2D eigenvalue weighted by molar-refractivity contribution is -0.385. The molecule has 0 atom stereocenters. The van der Waals surface area contributed by atoms with Gasteiger partial charge in [0, 0.05) is 23.1 Å². The fourth-order valence-electron chi connectivity index (χ4n) is 1.95. The minimum Gasteiger partial charge on any atom is -0.439 e. The third-order valence-electron chi connectivity index (χ3n) is 3.03. The van der Waals surface area contributed by atoms with Gasteiger partial charge in [0.25, 0.3) is 5.69 Å². The molecule has 7 heteroatoms. The van der Waals surface area contributed by atoms with Crippen LogP contribution < -0.4 is 4.74 Å². The largest absolute Gasteiger partial charge is 0.439 e. The molecule has 3 rings (SSSR count). The highest BCUT2D eigenvalue weighted by molar-refractivity contribution is 7.07. The van der Waals surface area contributed by atoms with E-state index in [1.54, 1.807) is 12.4 Å². The first-order valence-electron chi connectivity index (χ1n) is 6.42. The van der Waals surface area contributed by atoms with Gasteiger partial charge >= 0.3 is 0 Å². The van der Waals surface area contributed by atoms with Crippen LogP contribution in [-0.4, -0.2) is 14.9 Å². The average Bonchev–Trinajstić information content (AvgIpc) is 3.02. The maximum absolute atomic E-state index is 10.8. The van der Waals surface area contributed by atoms with Crippen molar-refractivity contribution in [1.29, 1.82) is 0 Å². The Balaban J connectivity index is 1.79. The van der Waals surface area contributed by atoms with Gasteiger partial charge in [-0.05, 0) is 31.2 Å². The molecule has 0 fully saturated rings. The van der Waals surface area contributed by atoms with E-state index in [-0.39, 0.29) is 5.69 Å². The minimum absolute atomic E-state index is 0.0220. The summed E-state index contributed by atoms with van der Waals surface area (Å²) >= 11 is 1.54. The van der Waals surface area contributed by atoms with E-state index in [1.165, 1.54) is 23.5 Å². The van der Waals surface area contributed by atoms with Gasteiger partial charge in [-0.2, -0.15) is 0 Å². The van der Waals surface area contributed by atoms with E-state index in [4.69, 9.17) is 4.74 Å². The quantitative estimate of drug-likeness (QED) is 0.532. The van der Waals surface area contributed by atoms with Crippen molar-refractivity contribution in [3.05, 3.63) is 63.1 Å². The molecule has 110 valence electrons. The third-order valence-corrected chi connectivity index (χ3v) is 3.62. The van der Waals surface area contributed by atoms with Gasteiger partial charge in [0.1, 0.15) is 11.4 Å². The highest BCUT2D eigenvalue weighted by Crippen LogP contribution is 2.26. The number of thiazole rings is 1. The van der Waals surface area contributed by atoms with Gasteiger partial charge in [0.2, 0.25) is 5.88 Å². The summed E-state index contributed by atoms with van der Waals surface area (Å²) < 4.78 is 5.61. The number of benzene rings is 1. The Bertz CT molecular complexity index is 801. The smallest absolute Gasteiger partial charge is 0.290 e. The summed E-state index contributed by atoms with van der Waals surface area (Å²) in [6.45, 7) is 1.58. The zero-order valence-corrected chi connectivity index (χ0v) is 12.4. The van der Waals surface area contributed by atoms with Crippen LogP contribution in [-0.2, 0) is 0 Å². The molecular weight excluding hydrogens is 302 g/mol. The molecule has 1 aromatic carbocycles. The summed E-state index contributed by atoms with van der Waals surface area (Å²) in [6, 6.07) is 10.3. The van der Waals surface area contributed by atoms with Crippen molar-refractivity contribution in [1.82, 2.24) is 9.97 Å². The molecule has 6 nitrogen and oxygen atoms in total. The van der Waals surface area contributed by atoms with Crippen LogP contribution >= 0.6 is 11.3 Å². The molecule has 0 aliphatic rings. The van der Waals surface area contributed by atoms with Crippen molar-refractivity contribution >= 4 is 17.0 Å². The second-order valence-electron chi connectivity index (χ2n) is 4.51. The molecule has 0 unspecified atom stereocenters. The average molecular weight is 313 g/mol. The highest BCUT2D eigenvalue weighted by Gasteiger charge is 2.12. The number of ether oxygens (including phenoxy) is 1. The number of aromatic nitrogens is 2. The summed E-state index contributed by atoms with van der Waals surface area (Å²) in [5.41, 5.74) is 4.00. The normalized spacial score (nSPS) is 10.4. The number of nitrogens with zero attached hydrogens (tertiary/aromatic N) is 3. The summed E-state index contributed by atoms with van der Waals surface area (Å²) in [4.78, 5) is 18.6. The predicted octanol–water partition coefficient (Wildman–Crippen LogP) is 4.21. The van der Waals surface area contributed by atoms with Crippen molar-refractivity contribution in [2.75, 3.05) is 0 Å². The molecule has 0 N–H and O–H groups in total. The van der Waals surface area contributed by atoms with E-state index in [2.05, 4.69) is 9.97 Å². The fraction of sp³-hybridized carbons (Fsp3) is 0.0667. The second kappa shape index (κ2) is 5.90. The van der Waals surface area contributed by atoms with Gasteiger partial charge in [-0.25, -0.2) is 9.97 Å². The fourth-order valence-corrected chi connectivity index (χ4v) is 2.51. The Kier molecular flexibility index (Phi) is 3.80. The molecule has 0 aliphatic carbocycles. The Morgan fingerprint density at radius 1 is 1.18 bits per heavy atom. The predicted molar refractivity (Wildman–Crippen MR) is 83.3 cm³/mol. The SMILES string of the molecule is Cc1nc(Oc2ccc(-c3cscn3)cc2)ccc1[N+](=O)[O-]. The Labute approximate surface area is 130 Å². The van der Waals surface area contributed by atoms with Crippen LogP contribution in [0.5, 0.6) is 11.6 Å². The van der Waals surface area contributed by atoms with Crippen molar-refractivity contribution in [2.24, 2.45) is 0 Å². The lowest BCUT2D eigenvalue weighted by atomic mass is 10.2. The van der Waals surface area contributed by atoms with Crippen LogP contribution in [0.1, 0.15) is 5.69 Å². The van der Waals surface area contributed by atoms with Crippen LogP contribution in [0.2, 0.25) is 0 Å². The number of hydrogen-bond acceptors (Lipinski definition) is 6. The van der Waals surface area contributed by atoms with Gasteiger partial charge in [0.05, 0.1) is 16.1 Å². The molecule has 0 radical (unpaired) electrons. The van der Waals surface area contributed by atoms with Crippen molar-refractivity contribution < 1.29 is 9.66 Å². The van der Waals surface area contributed by atoms with Gasteiger partial charge in [0.15, 0.2) is 0 Å². The maximum atomic E-state index is 10.8. The summed E-state index contributed by atoms with van der Waals surface area (Å²) in [5, 5.41) is 12.7. The van der Waals surface area contributed by atoms with Crippen molar-refractivity contribution in [3.63, 3.8) is 0 Å². The van der Waals surface area contributed by atoms with Crippen LogP contribution in [0.25, 0.3) is 11.3 Å². The van der Waals surface area contributed by atoms with E-state index in [0.717, 1.165) is 11.3 Å². The Morgan fingerprint density at radius 2 is 1.95 bits per heavy atom. The number of nitro groups is 1. The van der Waals surface area contributed by atoms with Crippen LogP contribution in [0.4, 0.5) is 5.69 Å². The first kappa shape index (κ1) is 14.2. The molecule has 0 saturated heterocycles. The molecule has 3 aromatic rings. The molecule has 0 saturated carbocycles. The summed E-state index contributed by atoms with van der Waals surface area (Å²) in [6.07, 6.45) is 0. The van der Waals surface area contributed by atoms with Gasteiger partial charge in [-0.15, -0.1) is 11.3 Å². The Hall–Kier alpha value is -2.80. The number of pyridine rings is 1. The standard InChI is InChI=1S/C15H11N3O3S/c1-10-14(18(19)20)6-7-15(17-10)21-12-4-2-11(3-5-12)13-8-22-9-16-13/h2-9H,1H3. The molecule has 22 heavy (non-hydrogen) atoms. The monoisotopic (exact) mass is 313 g/mol.